The first-order valence-electron chi connectivity index (χ1n) is 5.09. The second-order valence-electron chi connectivity index (χ2n) is 4.02. The zero-order chi connectivity index (χ0) is 11.7. The number of aryl methyl sites for hydroxylation is 1. The number of halogens is 2. The Labute approximate surface area is 91.9 Å². The molecule has 1 amide bonds. The Morgan fingerprint density at radius 3 is 2.81 bits per heavy atom. The topological polar surface area (TPSA) is 42.0 Å². The van der Waals surface area contributed by atoms with Crippen LogP contribution in [0.4, 0.5) is 14.5 Å². The summed E-state index contributed by atoms with van der Waals surface area (Å²) in [5, 5.41) is 2.58. The van der Waals surface area contributed by atoms with E-state index in [1.54, 1.807) is 12.1 Å². The molecule has 0 spiro atoms. The van der Waals surface area contributed by atoms with Gasteiger partial charge in [-0.3, -0.25) is 9.78 Å². The van der Waals surface area contributed by atoms with Crippen LogP contribution in [0.15, 0.2) is 18.3 Å². The molecule has 1 aromatic rings. The van der Waals surface area contributed by atoms with Crippen LogP contribution in [0.5, 0.6) is 0 Å². The number of hydrogen-bond donors (Lipinski definition) is 1. The number of pyridine rings is 1. The van der Waals surface area contributed by atoms with Crippen LogP contribution in [-0.2, 0) is 4.79 Å². The van der Waals surface area contributed by atoms with Crippen LogP contribution < -0.4 is 5.32 Å². The molecule has 1 aliphatic rings. The molecule has 0 aliphatic heterocycles. The van der Waals surface area contributed by atoms with Crippen molar-refractivity contribution in [2.45, 2.75) is 19.8 Å². The van der Waals surface area contributed by atoms with Crippen LogP contribution in [-0.4, -0.2) is 17.3 Å². The summed E-state index contributed by atoms with van der Waals surface area (Å²) in [6.07, 6.45) is -0.595. The monoisotopic (exact) mass is 226 g/mol. The highest BCUT2D eigenvalue weighted by Gasteiger charge is 2.48. The highest BCUT2D eigenvalue weighted by Crippen LogP contribution is 2.43. The molecule has 1 aliphatic carbocycles. The van der Waals surface area contributed by atoms with E-state index in [9.17, 15) is 13.6 Å². The molecule has 2 atom stereocenters. The van der Waals surface area contributed by atoms with E-state index in [1.807, 2.05) is 6.92 Å². The number of anilines is 1. The predicted molar refractivity (Wildman–Crippen MR) is 55.2 cm³/mol. The van der Waals surface area contributed by atoms with Crippen LogP contribution in [0.1, 0.15) is 12.1 Å². The van der Waals surface area contributed by atoms with Gasteiger partial charge in [0.25, 0.3) is 0 Å². The molecule has 0 bridgehead atoms. The first-order valence-corrected chi connectivity index (χ1v) is 5.09. The second kappa shape index (κ2) is 4.15. The minimum absolute atomic E-state index is 0.281. The van der Waals surface area contributed by atoms with E-state index in [1.165, 1.54) is 6.20 Å². The van der Waals surface area contributed by atoms with E-state index in [0.717, 1.165) is 5.69 Å². The normalized spacial score (nSPS) is 23.2. The highest BCUT2D eigenvalue weighted by molar-refractivity contribution is 5.94. The van der Waals surface area contributed by atoms with Gasteiger partial charge in [-0.05, 0) is 25.5 Å². The third-order valence-corrected chi connectivity index (χ3v) is 2.68. The summed E-state index contributed by atoms with van der Waals surface area (Å²) >= 11 is 0. The van der Waals surface area contributed by atoms with Gasteiger partial charge < -0.3 is 5.32 Å². The molecule has 0 radical (unpaired) electrons. The average Bonchev–Trinajstić information content (AvgIpc) is 3.01. The molecular formula is C11H12F2N2O. The van der Waals surface area contributed by atoms with Crippen LogP contribution >= 0.6 is 0 Å². The SMILES string of the molecule is Cc1ccc(NC(=O)[C@@H]2C[C@H]2C(F)F)cn1. The fourth-order valence-corrected chi connectivity index (χ4v) is 1.57. The number of amides is 1. The molecule has 0 saturated heterocycles. The number of rotatable bonds is 3. The van der Waals surface area contributed by atoms with Crippen LogP contribution in [0.2, 0.25) is 0 Å². The van der Waals surface area contributed by atoms with Gasteiger partial charge in [-0.1, -0.05) is 0 Å². The number of hydrogen-bond acceptors (Lipinski definition) is 2. The van der Waals surface area contributed by atoms with Gasteiger partial charge in [0.05, 0.1) is 11.9 Å². The van der Waals surface area contributed by atoms with E-state index in [2.05, 4.69) is 10.3 Å². The molecule has 86 valence electrons. The van der Waals surface area contributed by atoms with Crippen molar-refractivity contribution < 1.29 is 13.6 Å². The molecule has 0 unspecified atom stereocenters. The number of nitrogens with one attached hydrogen (secondary N) is 1. The summed E-state index contributed by atoms with van der Waals surface area (Å²) in [6.45, 7) is 1.83. The summed E-state index contributed by atoms with van der Waals surface area (Å²) in [5.41, 5.74) is 1.39. The number of nitrogens with zero attached hydrogens (tertiary/aromatic N) is 1. The Kier molecular flexibility index (Phi) is 2.85. The predicted octanol–water partition coefficient (Wildman–Crippen LogP) is 2.23. The summed E-state index contributed by atoms with van der Waals surface area (Å²) in [4.78, 5) is 15.5. The van der Waals surface area contributed by atoms with Gasteiger partial charge in [0, 0.05) is 17.5 Å². The molecule has 5 heteroatoms. The molecule has 2 rings (SSSR count). The Bertz CT molecular complexity index is 391. The molecule has 3 nitrogen and oxygen atoms in total. The Morgan fingerprint density at radius 1 is 1.56 bits per heavy atom. The molecule has 1 fully saturated rings. The molecule has 0 aromatic carbocycles. The largest absolute Gasteiger partial charge is 0.324 e. The van der Waals surface area contributed by atoms with Gasteiger partial charge in [0.1, 0.15) is 0 Å². The van der Waals surface area contributed by atoms with Crippen LogP contribution in [0.3, 0.4) is 0 Å². The van der Waals surface area contributed by atoms with E-state index in [-0.39, 0.29) is 12.3 Å². The van der Waals surface area contributed by atoms with Crippen molar-refractivity contribution in [3.8, 4) is 0 Å². The second-order valence-corrected chi connectivity index (χ2v) is 4.02. The lowest BCUT2D eigenvalue weighted by atomic mass is 10.3. The Hall–Kier alpha value is -1.52. The minimum atomic E-state index is -2.40. The van der Waals surface area contributed by atoms with Crippen LogP contribution in [0.25, 0.3) is 0 Å². The first-order chi connectivity index (χ1) is 7.58. The lowest BCUT2D eigenvalue weighted by molar-refractivity contribution is -0.118. The van der Waals surface area contributed by atoms with Crippen molar-refractivity contribution in [1.29, 1.82) is 0 Å². The first kappa shape index (κ1) is 11.0. The lowest BCUT2D eigenvalue weighted by Gasteiger charge is -2.04. The molecular weight excluding hydrogens is 214 g/mol. The highest BCUT2D eigenvalue weighted by atomic mass is 19.3. The van der Waals surface area contributed by atoms with Gasteiger partial charge in [-0.25, -0.2) is 8.78 Å². The number of carbonyl (C=O) groups is 1. The molecule has 1 saturated carbocycles. The van der Waals surface area contributed by atoms with Crippen molar-refractivity contribution in [2.75, 3.05) is 5.32 Å². The third kappa shape index (κ3) is 2.35. The van der Waals surface area contributed by atoms with Gasteiger partial charge in [0.15, 0.2) is 0 Å². The maximum atomic E-state index is 12.2. The summed E-state index contributed by atoms with van der Waals surface area (Å²) in [6, 6.07) is 3.47. The van der Waals surface area contributed by atoms with Crippen molar-refractivity contribution in [3.63, 3.8) is 0 Å². The molecule has 16 heavy (non-hydrogen) atoms. The average molecular weight is 226 g/mol. The summed E-state index contributed by atoms with van der Waals surface area (Å²) < 4.78 is 24.5. The molecule has 1 N–H and O–H groups in total. The van der Waals surface area contributed by atoms with E-state index in [0.29, 0.717) is 5.69 Å². The fourth-order valence-electron chi connectivity index (χ4n) is 1.57. The van der Waals surface area contributed by atoms with Crippen molar-refractivity contribution in [1.82, 2.24) is 4.98 Å². The van der Waals surface area contributed by atoms with Crippen molar-refractivity contribution in [3.05, 3.63) is 24.0 Å². The maximum Gasteiger partial charge on any atom is 0.242 e. The van der Waals surface area contributed by atoms with Gasteiger partial charge in [-0.15, -0.1) is 0 Å². The van der Waals surface area contributed by atoms with Crippen LogP contribution in [0, 0.1) is 18.8 Å². The standard InChI is InChI=1S/C11H12F2N2O/c1-6-2-3-7(5-14-6)15-11(16)9-4-8(9)10(12)13/h2-3,5,8-10H,4H2,1H3,(H,15,16)/t8-,9-/m1/s1. The Morgan fingerprint density at radius 2 is 2.31 bits per heavy atom. The van der Waals surface area contributed by atoms with E-state index < -0.39 is 18.3 Å². The molecule has 1 aromatic heterocycles. The summed E-state index contributed by atoms with van der Waals surface area (Å²) in [5.74, 6) is -1.64. The number of carbonyl (C=O) groups excluding carboxylic acids is 1. The van der Waals surface area contributed by atoms with Crippen molar-refractivity contribution >= 4 is 11.6 Å². The zero-order valence-corrected chi connectivity index (χ0v) is 8.78. The van der Waals surface area contributed by atoms with E-state index >= 15 is 0 Å². The third-order valence-electron chi connectivity index (χ3n) is 2.68. The fraction of sp³-hybridized carbons (Fsp3) is 0.455. The van der Waals surface area contributed by atoms with E-state index in [4.69, 9.17) is 0 Å². The summed E-state index contributed by atoms with van der Waals surface area (Å²) in [7, 11) is 0. The van der Waals surface area contributed by atoms with Crippen molar-refractivity contribution in [2.24, 2.45) is 11.8 Å². The van der Waals surface area contributed by atoms with Gasteiger partial charge >= 0.3 is 0 Å². The lowest BCUT2D eigenvalue weighted by Crippen LogP contribution is -2.16. The molecule has 1 heterocycles. The smallest absolute Gasteiger partial charge is 0.242 e. The van der Waals surface area contributed by atoms with Gasteiger partial charge in [-0.2, -0.15) is 0 Å². The number of alkyl halides is 2. The quantitative estimate of drug-likeness (QED) is 0.858. The van der Waals surface area contributed by atoms with Gasteiger partial charge in [0.2, 0.25) is 12.3 Å². The maximum absolute atomic E-state index is 12.2. The Balaban J connectivity index is 1.91. The number of aromatic nitrogens is 1. The minimum Gasteiger partial charge on any atom is -0.324 e. The zero-order valence-electron chi connectivity index (χ0n) is 8.78.